The van der Waals surface area contributed by atoms with Crippen LogP contribution in [0.25, 0.3) is 17.2 Å². The summed E-state index contributed by atoms with van der Waals surface area (Å²) in [4.78, 5) is 17.8. The van der Waals surface area contributed by atoms with Crippen LogP contribution in [0.4, 0.5) is 0 Å². The number of rotatable bonds is 12. The van der Waals surface area contributed by atoms with Crippen molar-refractivity contribution in [1.82, 2.24) is 30.4 Å². The maximum atomic E-state index is 13.2. The summed E-state index contributed by atoms with van der Waals surface area (Å²) >= 11 is 19.6. The van der Waals surface area contributed by atoms with Crippen molar-refractivity contribution in [3.8, 4) is 16.9 Å². The van der Waals surface area contributed by atoms with E-state index in [4.69, 9.17) is 44.9 Å². The molecule has 0 radical (unpaired) electrons. The van der Waals surface area contributed by atoms with Gasteiger partial charge in [-0.15, -0.1) is 10.2 Å². The molecule has 0 spiro atoms. The number of benzene rings is 2. The molecule has 1 N–H and O–H groups in total. The number of thiocarbonyl (C=S) groups is 1. The van der Waals surface area contributed by atoms with Gasteiger partial charge in [-0.25, -0.2) is 0 Å². The van der Waals surface area contributed by atoms with Gasteiger partial charge in [0.05, 0.1) is 23.1 Å². The molecule has 1 aromatic heterocycles. The number of hydrogen-bond donors (Lipinski definition) is 1. The van der Waals surface area contributed by atoms with E-state index in [1.807, 2.05) is 30.3 Å². The Hall–Kier alpha value is -2.54. The van der Waals surface area contributed by atoms with Crippen molar-refractivity contribution in [2.24, 2.45) is 0 Å². The first kappa shape index (κ1) is 29.9. The minimum absolute atomic E-state index is 0.0740. The molecule has 3 aromatic rings. The number of thioether (sulfide) groups is 1. The maximum absolute atomic E-state index is 13.2. The van der Waals surface area contributed by atoms with Crippen LogP contribution in [-0.4, -0.2) is 86.7 Å². The van der Waals surface area contributed by atoms with Gasteiger partial charge >= 0.3 is 0 Å². The second kappa shape index (κ2) is 14.6. The monoisotopic (exact) mass is 632 g/mol. The van der Waals surface area contributed by atoms with E-state index >= 15 is 0 Å². The molecule has 2 aromatic carbocycles. The normalized spacial score (nSPS) is 17.1. The van der Waals surface area contributed by atoms with E-state index < -0.39 is 0 Å². The average Bonchev–Trinajstić information content (AvgIpc) is 3.58. The minimum Gasteiger partial charge on any atom is -0.492 e. The second-order valence-corrected chi connectivity index (χ2v) is 12.2. The molecule has 0 bridgehead atoms. The van der Waals surface area contributed by atoms with E-state index in [-0.39, 0.29) is 5.91 Å². The standard InChI is InChI=1S/C28H30Cl2N6O3S2/c29-20-6-7-21(23(30)18-20)22-16-19(5-8-24(22)39-15-12-35-10-13-38-14-11-35)17-25-27(37)36(28(40)41-25)9-3-1-2-4-26-31-33-34-32-26/h5-8,16-18H,1-4,9-15H2,(H,31,32,33,34)/b25-17-. The van der Waals surface area contributed by atoms with Gasteiger partial charge < -0.3 is 9.47 Å². The van der Waals surface area contributed by atoms with Gasteiger partial charge in [0.2, 0.25) is 0 Å². The van der Waals surface area contributed by atoms with Crippen molar-refractivity contribution < 1.29 is 14.3 Å². The SMILES string of the molecule is O=C1/C(=C/c2ccc(OCCN3CCOCC3)c(-c3ccc(Cl)cc3Cl)c2)SC(=S)N1CCCCCc1nn[nH]n1. The number of morpholine rings is 1. The summed E-state index contributed by atoms with van der Waals surface area (Å²) in [6.45, 7) is 5.20. The van der Waals surface area contributed by atoms with E-state index in [0.29, 0.717) is 44.0 Å². The Bertz CT molecular complexity index is 1400. The Labute approximate surface area is 258 Å². The number of tetrazole rings is 1. The summed E-state index contributed by atoms with van der Waals surface area (Å²) in [7, 11) is 0. The molecule has 1 amide bonds. The van der Waals surface area contributed by atoms with Gasteiger partial charge in [-0.2, -0.15) is 5.21 Å². The number of aryl methyl sites for hydroxylation is 1. The number of carbonyl (C=O) groups excluding carboxylic acids is 1. The summed E-state index contributed by atoms with van der Waals surface area (Å²) in [6.07, 6.45) is 5.32. The molecule has 0 saturated carbocycles. The predicted molar refractivity (Wildman–Crippen MR) is 166 cm³/mol. The fourth-order valence-corrected chi connectivity index (χ4v) is 6.47. The van der Waals surface area contributed by atoms with Gasteiger partial charge in [0, 0.05) is 48.7 Å². The number of ether oxygens (including phenoxy) is 2. The van der Waals surface area contributed by atoms with E-state index in [1.165, 1.54) is 11.8 Å². The maximum Gasteiger partial charge on any atom is 0.266 e. The van der Waals surface area contributed by atoms with Crippen LogP contribution in [0.1, 0.15) is 30.7 Å². The number of H-pyrrole nitrogens is 1. The van der Waals surface area contributed by atoms with Gasteiger partial charge in [0.15, 0.2) is 5.82 Å². The van der Waals surface area contributed by atoms with Crippen LogP contribution < -0.4 is 4.74 Å². The topological polar surface area (TPSA) is 96.5 Å². The van der Waals surface area contributed by atoms with Crippen LogP contribution in [-0.2, 0) is 16.0 Å². The highest BCUT2D eigenvalue weighted by Gasteiger charge is 2.31. The minimum atomic E-state index is -0.0740. The third-order valence-electron chi connectivity index (χ3n) is 6.84. The molecule has 2 aliphatic rings. The number of amides is 1. The lowest BCUT2D eigenvalue weighted by Gasteiger charge is -2.26. The number of hydrogen-bond acceptors (Lipinski definition) is 9. The number of carbonyl (C=O) groups is 1. The largest absolute Gasteiger partial charge is 0.492 e. The van der Waals surface area contributed by atoms with Gasteiger partial charge in [-0.05, 0) is 48.7 Å². The van der Waals surface area contributed by atoms with Crippen LogP contribution in [0.5, 0.6) is 5.75 Å². The zero-order valence-corrected chi connectivity index (χ0v) is 25.5. The summed E-state index contributed by atoms with van der Waals surface area (Å²) in [5.74, 6) is 1.34. The van der Waals surface area contributed by atoms with Crippen molar-refractivity contribution in [2.75, 3.05) is 46.0 Å². The molecule has 216 valence electrons. The molecular formula is C28H30Cl2N6O3S2. The summed E-state index contributed by atoms with van der Waals surface area (Å²) in [5, 5.41) is 15.1. The molecule has 3 heterocycles. The van der Waals surface area contributed by atoms with Crippen molar-refractivity contribution in [2.45, 2.75) is 25.7 Å². The van der Waals surface area contributed by atoms with Crippen LogP contribution in [0.3, 0.4) is 0 Å². The molecule has 0 aliphatic carbocycles. The van der Waals surface area contributed by atoms with Crippen LogP contribution >= 0.6 is 47.2 Å². The number of nitrogens with zero attached hydrogens (tertiary/aromatic N) is 5. The van der Waals surface area contributed by atoms with Gasteiger partial charge in [-0.3, -0.25) is 14.6 Å². The smallest absolute Gasteiger partial charge is 0.266 e. The molecule has 2 aliphatic heterocycles. The lowest BCUT2D eigenvalue weighted by Crippen LogP contribution is -2.38. The highest BCUT2D eigenvalue weighted by molar-refractivity contribution is 8.26. The molecule has 13 heteroatoms. The third-order valence-corrected chi connectivity index (χ3v) is 8.76. The fourth-order valence-electron chi connectivity index (χ4n) is 4.65. The molecule has 41 heavy (non-hydrogen) atoms. The van der Waals surface area contributed by atoms with Crippen LogP contribution in [0.15, 0.2) is 41.3 Å². The number of aromatic amines is 1. The Morgan fingerprint density at radius 3 is 2.71 bits per heavy atom. The quantitative estimate of drug-likeness (QED) is 0.158. The Kier molecular flexibility index (Phi) is 10.6. The lowest BCUT2D eigenvalue weighted by molar-refractivity contribution is -0.122. The van der Waals surface area contributed by atoms with Gasteiger partial charge in [-0.1, -0.05) is 70.9 Å². The highest BCUT2D eigenvalue weighted by atomic mass is 35.5. The van der Waals surface area contributed by atoms with E-state index in [2.05, 4.69) is 25.5 Å². The van der Waals surface area contributed by atoms with E-state index in [0.717, 1.165) is 75.2 Å². The molecule has 5 rings (SSSR count). The van der Waals surface area contributed by atoms with Crippen LogP contribution in [0, 0.1) is 0 Å². The molecule has 2 saturated heterocycles. The fraction of sp³-hybridized carbons (Fsp3) is 0.393. The average molecular weight is 634 g/mol. The molecule has 9 nitrogen and oxygen atoms in total. The zero-order chi connectivity index (χ0) is 28.6. The molecular weight excluding hydrogens is 603 g/mol. The molecule has 2 fully saturated rings. The summed E-state index contributed by atoms with van der Waals surface area (Å²) < 4.78 is 12.2. The summed E-state index contributed by atoms with van der Waals surface area (Å²) in [6, 6.07) is 11.3. The van der Waals surface area contributed by atoms with Crippen molar-refractivity contribution >= 4 is 63.5 Å². The first-order valence-electron chi connectivity index (χ1n) is 13.5. The van der Waals surface area contributed by atoms with Crippen molar-refractivity contribution in [1.29, 1.82) is 0 Å². The number of nitrogens with one attached hydrogen (secondary N) is 1. The lowest BCUT2D eigenvalue weighted by atomic mass is 10.0. The first-order valence-corrected chi connectivity index (χ1v) is 15.5. The predicted octanol–water partition coefficient (Wildman–Crippen LogP) is 5.50. The van der Waals surface area contributed by atoms with Gasteiger partial charge in [0.1, 0.15) is 16.7 Å². The first-order chi connectivity index (χ1) is 20.0. The molecule has 0 unspecified atom stereocenters. The highest BCUT2D eigenvalue weighted by Crippen LogP contribution is 2.39. The number of aromatic nitrogens is 4. The summed E-state index contributed by atoms with van der Waals surface area (Å²) in [5.41, 5.74) is 2.49. The Morgan fingerprint density at radius 1 is 1.07 bits per heavy atom. The molecule has 0 atom stereocenters. The Balaban J connectivity index is 1.27. The number of unbranched alkanes of at least 4 members (excludes halogenated alkanes) is 2. The van der Waals surface area contributed by atoms with Gasteiger partial charge in [0.25, 0.3) is 5.91 Å². The third kappa shape index (κ3) is 8.06. The second-order valence-electron chi connectivity index (χ2n) is 9.65. The van der Waals surface area contributed by atoms with E-state index in [1.54, 1.807) is 17.0 Å². The van der Waals surface area contributed by atoms with Crippen molar-refractivity contribution in [3.05, 3.63) is 62.7 Å². The van der Waals surface area contributed by atoms with E-state index in [9.17, 15) is 4.79 Å². The zero-order valence-electron chi connectivity index (χ0n) is 22.4. The van der Waals surface area contributed by atoms with Crippen molar-refractivity contribution in [3.63, 3.8) is 0 Å². The van der Waals surface area contributed by atoms with Crippen LogP contribution in [0.2, 0.25) is 10.0 Å². The number of halogens is 2. The Morgan fingerprint density at radius 2 is 1.93 bits per heavy atom.